The van der Waals surface area contributed by atoms with Gasteiger partial charge in [-0.15, -0.1) is 0 Å². The number of pyridine rings is 1. The molecule has 4 rings (SSSR count). The lowest BCUT2D eigenvalue weighted by molar-refractivity contribution is 0.672. The van der Waals surface area contributed by atoms with Crippen molar-refractivity contribution in [3.8, 4) is 0 Å². The van der Waals surface area contributed by atoms with Crippen molar-refractivity contribution in [2.45, 2.75) is 6.92 Å². The van der Waals surface area contributed by atoms with E-state index in [0.29, 0.717) is 0 Å². The predicted octanol–water partition coefficient (Wildman–Crippen LogP) is 5.21. The summed E-state index contributed by atoms with van der Waals surface area (Å²) in [4.78, 5) is 4.58. The fourth-order valence-electron chi connectivity index (χ4n) is 2.55. The molecule has 0 amide bonds. The van der Waals surface area contributed by atoms with E-state index < -0.39 is 0 Å². The minimum Gasteiger partial charge on any atom is -0.454 e. The van der Waals surface area contributed by atoms with E-state index in [2.05, 4.69) is 52.1 Å². The van der Waals surface area contributed by atoms with Crippen LogP contribution in [-0.4, -0.2) is 4.98 Å². The van der Waals surface area contributed by atoms with Gasteiger partial charge in [0.1, 0.15) is 11.1 Å². The normalized spacial score (nSPS) is 11.7. The van der Waals surface area contributed by atoms with Gasteiger partial charge in [-0.05, 0) is 30.7 Å². The average molecular weight is 312 g/mol. The minimum absolute atomic E-state index is 0.870. The van der Waals surface area contributed by atoms with Gasteiger partial charge in [-0.1, -0.05) is 34.1 Å². The Morgan fingerprint density at radius 3 is 2.84 bits per heavy atom. The molecule has 2 aromatic carbocycles. The van der Waals surface area contributed by atoms with Gasteiger partial charge in [0.25, 0.3) is 0 Å². The van der Waals surface area contributed by atoms with Gasteiger partial charge >= 0.3 is 0 Å². The molecule has 92 valence electrons. The molecule has 2 aromatic heterocycles. The average Bonchev–Trinajstić information content (AvgIpc) is 2.77. The first-order valence-electron chi connectivity index (χ1n) is 6.10. The summed E-state index contributed by atoms with van der Waals surface area (Å²) in [6.45, 7) is 2.09. The number of aryl methyl sites for hydroxylation is 1. The molecule has 0 aliphatic heterocycles. The monoisotopic (exact) mass is 311 g/mol. The summed E-state index contributed by atoms with van der Waals surface area (Å²) in [6.07, 6.45) is 1.93. The van der Waals surface area contributed by atoms with Gasteiger partial charge in [-0.25, -0.2) is 0 Å². The van der Waals surface area contributed by atoms with Gasteiger partial charge in [0, 0.05) is 26.8 Å². The van der Waals surface area contributed by atoms with Crippen LogP contribution in [-0.2, 0) is 0 Å². The second kappa shape index (κ2) is 3.81. The van der Waals surface area contributed by atoms with E-state index in [-0.39, 0.29) is 0 Å². The summed E-state index contributed by atoms with van der Waals surface area (Å²) in [5.41, 5.74) is 3.89. The first-order chi connectivity index (χ1) is 9.24. The van der Waals surface area contributed by atoms with E-state index in [1.165, 1.54) is 5.56 Å². The largest absolute Gasteiger partial charge is 0.454 e. The molecule has 19 heavy (non-hydrogen) atoms. The molecule has 4 aromatic rings. The molecule has 3 heteroatoms. The predicted molar refractivity (Wildman–Crippen MR) is 81.5 cm³/mol. The van der Waals surface area contributed by atoms with Crippen molar-refractivity contribution in [1.82, 2.24) is 4.98 Å². The Morgan fingerprint density at radius 2 is 1.95 bits per heavy atom. The molecule has 0 atom stereocenters. The van der Waals surface area contributed by atoms with Crippen molar-refractivity contribution >= 4 is 48.8 Å². The zero-order chi connectivity index (χ0) is 13.0. The van der Waals surface area contributed by atoms with E-state index in [0.717, 1.165) is 37.3 Å². The summed E-state index contributed by atoms with van der Waals surface area (Å²) >= 11 is 3.49. The van der Waals surface area contributed by atoms with Crippen LogP contribution in [0, 0.1) is 6.92 Å². The van der Waals surface area contributed by atoms with Crippen LogP contribution in [0.15, 0.2) is 51.5 Å². The number of hydrogen-bond acceptors (Lipinski definition) is 2. The van der Waals surface area contributed by atoms with E-state index in [4.69, 9.17) is 4.42 Å². The molecular formula is C16H10BrNO. The molecule has 0 unspecified atom stereocenters. The van der Waals surface area contributed by atoms with E-state index >= 15 is 0 Å². The number of aromatic nitrogens is 1. The fourth-order valence-corrected chi connectivity index (χ4v) is 2.91. The molecule has 0 bridgehead atoms. The highest BCUT2D eigenvalue weighted by Gasteiger charge is 2.12. The summed E-state index contributed by atoms with van der Waals surface area (Å²) in [7, 11) is 0. The molecule has 2 nitrogen and oxygen atoms in total. The molecule has 0 N–H and O–H groups in total. The standard InChI is InChI=1S/C16H10BrNO/c1-9-3-2-4-11-13(9)8-18-15-12-7-10(17)5-6-14(12)19-16(11)15/h2-8H,1H3. The van der Waals surface area contributed by atoms with Crippen molar-refractivity contribution < 1.29 is 4.42 Å². The Balaban J connectivity index is 2.28. The van der Waals surface area contributed by atoms with Gasteiger partial charge in [0.05, 0.1) is 0 Å². The fraction of sp³-hybridized carbons (Fsp3) is 0.0625. The quantitative estimate of drug-likeness (QED) is 0.446. The van der Waals surface area contributed by atoms with Crippen LogP contribution >= 0.6 is 15.9 Å². The Kier molecular flexibility index (Phi) is 2.21. The lowest BCUT2D eigenvalue weighted by atomic mass is 10.1. The van der Waals surface area contributed by atoms with Gasteiger partial charge in [-0.3, -0.25) is 4.98 Å². The number of nitrogens with zero attached hydrogens (tertiary/aromatic N) is 1. The number of hydrogen-bond donors (Lipinski definition) is 0. The third kappa shape index (κ3) is 1.51. The van der Waals surface area contributed by atoms with E-state index in [9.17, 15) is 0 Å². The van der Waals surface area contributed by atoms with Crippen molar-refractivity contribution in [2.75, 3.05) is 0 Å². The molecule has 2 heterocycles. The Morgan fingerprint density at radius 1 is 1.05 bits per heavy atom. The number of halogens is 1. The summed E-state index contributed by atoms with van der Waals surface area (Å²) in [5.74, 6) is 0. The summed E-state index contributed by atoms with van der Waals surface area (Å²) < 4.78 is 7.03. The lowest BCUT2D eigenvalue weighted by Crippen LogP contribution is -1.81. The summed E-state index contributed by atoms with van der Waals surface area (Å²) in [5, 5.41) is 3.32. The van der Waals surface area contributed by atoms with Crippen LogP contribution in [0.2, 0.25) is 0 Å². The third-order valence-electron chi connectivity index (χ3n) is 3.52. The number of furan rings is 1. The highest BCUT2D eigenvalue weighted by molar-refractivity contribution is 9.10. The second-order valence-electron chi connectivity index (χ2n) is 4.71. The van der Waals surface area contributed by atoms with Crippen LogP contribution in [0.5, 0.6) is 0 Å². The maximum Gasteiger partial charge on any atom is 0.161 e. The first-order valence-corrected chi connectivity index (χ1v) is 6.89. The molecule has 0 saturated heterocycles. The Labute approximate surface area is 118 Å². The molecule has 0 saturated carbocycles. The highest BCUT2D eigenvalue weighted by atomic mass is 79.9. The molecule has 0 fully saturated rings. The van der Waals surface area contributed by atoms with Crippen LogP contribution in [0.4, 0.5) is 0 Å². The zero-order valence-electron chi connectivity index (χ0n) is 10.3. The first kappa shape index (κ1) is 11.0. The van der Waals surface area contributed by atoms with Crippen molar-refractivity contribution in [3.63, 3.8) is 0 Å². The van der Waals surface area contributed by atoms with Gasteiger partial charge in [0.15, 0.2) is 5.58 Å². The van der Waals surface area contributed by atoms with Gasteiger partial charge < -0.3 is 4.42 Å². The smallest absolute Gasteiger partial charge is 0.161 e. The van der Waals surface area contributed by atoms with E-state index in [1.54, 1.807) is 0 Å². The van der Waals surface area contributed by atoms with Crippen LogP contribution in [0.25, 0.3) is 32.8 Å². The Hall–Kier alpha value is -1.87. The van der Waals surface area contributed by atoms with Crippen molar-refractivity contribution in [3.05, 3.63) is 52.6 Å². The number of rotatable bonds is 0. The van der Waals surface area contributed by atoms with Crippen LogP contribution in [0.3, 0.4) is 0 Å². The molecular weight excluding hydrogens is 302 g/mol. The Bertz CT molecular complexity index is 940. The summed E-state index contributed by atoms with van der Waals surface area (Å²) in [6, 6.07) is 12.2. The van der Waals surface area contributed by atoms with Gasteiger partial charge in [-0.2, -0.15) is 0 Å². The number of fused-ring (bicyclic) bond motifs is 5. The lowest BCUT2D eigenvalue weighted by Gasteiger charge is -2.00. The van der Waals surface area contributed by atoms with Crippen molar-refractivity contribution in [2.24, 2.45) is 0 Å². The molecule has 0 spiro atoms. The van der Waals surface area contributed by atoms with Gasteiger partial charge in [0.2, 0.25) is 0 Å². The van der Waals surface area contributed by atoms with Crippen LogP contribution < -0.4 is 0 Å². The number of benzene rings is 2. The SMILES string of the molecule is Cc1cccc2c1cnc1c3cc(Br)ccc3oc21. The minimum atomic E-state index is 0.870. The molecule has 0 aliphatic rings. The maximum atomic E-state index is 5.99. The topological polar surface area (TPSA) is 26.0 Å². The highest BCUT2D eigenvalue weighted by Crippen LogP contribution is 2.34. The third-order valence-corrected chi connectivity index (χ3v) is 4.01. The van der Waals surface area contributed by atoms with Crippen molar-refractivity contribution in [1.29, 1.82) is 0 Å². The molecule has 0 radical (unpaired) electrons. The van der Waals surface area contributed by atoms with Crippen LogP contribution in [0.1, 0.15) is 5.56 Å². The van der Waals surface area contributed by atoms with E-state index in [1.807, 2.05) is 18.3 Å². The molecule has 0 aliphatic carbocycles. The zero-order valence-corrected chi connectivity index (χ0v) is 11.9. The maximum absolute atomic E-state index is 5.99. The second-order valence-corrected chi connectivity index (χ2v) is 5.63.